The molecular weight excluding hydrogens is 364 g/mol. The van der Waals surface area contributed by atoms with Gasteiger partial charge >= 0.3 is 0 Å². The molecule has 0 bridgehead atoms. The molecule has 0 spiro atoms. The van der Waals surface area contributed by atoms with Crippen molar-refractivity contribution in [3.63, 3.8) is 0 Å². The summed E-state index contributed by atoms with van der Waals surface area (Å²) in [5, 5.41) is 6.79. The molecule has 0 radical (unpaired) electrons. The van der Waals surface area contributed by atoms with Crippen molar-refractivity contribution in [3.8, 4) is 5.69 Å². The number of carbonyl (C=O) groups excluding carboxylic acids is 1. The number of carbonyl (C=O) groups is 1. The monoisotopic (exact) mass is 384 g/mol. The molecule has 0 unspecified atom stereocenters. The number of para-hydroxylation sites is 1. The van der Waals surface area contributed by atoms with E-state index in [4.69, 9.17) is 0 Å². The Morgan fingerprint density at radius 1 is 1.11 bits per heavy atom. The van der Waals surface area contributed by atoms with Crippen LogP contribution < -0.4 is 5.32 Å². The third-order valence-corrected chi connectivity index (χ3v) is 5.75. The Bertz CT molecular complexity index is 1030. The van der Waals surface area contributed by atoms with Crippen molar-refractivity contribution in [2.45, 2.75) is 11.8 Å². The summed E-state index contributed by atoms with van der Waals surface area (Å²) < 4.78 is 27.9. The first-order valence-corrected chi connectivity index (χ1v) is 9.73. The predicted molar refractivity (Wildman–Crippen MR) is 103 cm³/mol. The van der Waals surface area contributed by atoms with Crippen LogP contribution in [0, 0.1) is 6.92 Å². The summed E-state index contributed by atoms with van der Waals surface area (Å²) in [6.07, 6.45) is 2.70. The van der Waals surface area contributed by atoms with Gasteiger partial charge in [0.2, 0.25) is 15.9 Å². The van der Waals surface area contributed by atoms with E-state index in [2.05, 4.69) is 10.4 Å². The number of nitrogens with zero attached hydrogens (tertiary/aromatic N) is 3. The summed E-state index contributed by atoms with van der Waals surface area (Å²) in [5.74, 6) is -0.416. The lowest BCUT2D eigenvalue weighted by atomic mass is 10.2. The number of hydrogen-bond acceptors (Lipinski definition) is 4. The molecule has 0 aliphatic carbocycles. The summed E-state index contributed by atoms with van der Waals surface area (Å²) in [6, 6.07) is 16.5. The molecule has 27 heavy (non-hydrogen) atoms. The Morgan fingerprint density at radius 3 is 2.44 bits per heavy atom. The van der Waals surface area contributed by atoms with Crippen LogP contribution >= 0.6 is 0 Å². The molecule has 1 amide bonds. The molecule has 0 saturated heterocycles. The fourth-order valence-electron chi connectivity index (χ4n) is 2.47. The standard InChI is InChI=1S/C19H20N4O3S/c1-15-8-10-16(11-9-15)21-19(24)14-22(2)27(25,26)18-12-20-23(13-18)17-6-4-3-5-7-17/h3-13H,14H2,1-2H3,(H,21,24). The van der Waals surface area contributed by atoms with Crippen molar-refractivity contribution >= 4 is 21.6 Å². The Hall–Kier alpha value is -2.97. The molecule has 8 heteroatoms. The highest BCUT2D eigenvalue weighted by molar-refractivity contribution is 7.89. The molecule has 0 aliphatic heterocycles. The minimum Gasteiger partial charge on any atom is -0.325 e. The van der Waals surface area contributed by atoms with Gasteiger partial charge in [-0.2, -0.15) is 9.40 Å². The summed E-state index contributed by atoms with van der Waals surface area (Å²) in [7, 11) is -2.47. The second-order valence-corrected chi connectivity index (χ2v) is 8.18. The maximum absolute atomic E-state index is 12.7. The van der Waals surface area contributed by atoms with Crippen molar-refractivity contribution in [1.82, 2.24) is 14.1 Å². The summed E-state index contributed by atoms with van der Waals surface area (Å²) in [6.45, 7) is 1.65. The maximum Gasteiger partial charge on any atom is 0.246 e. The molecule has 7 nitrogen and oxygen atoms in total. The zero-order valence-electron chi connectivity index (χ0n) is 15.0. The number of anilines is 1. The minimum absolute atomic E-state index is 0.0250. The number of amides is 1. The van der Waals surface area contributed by atoms with Crippen LogP contribution in [-0.2, 0) is 14.8 Å². The molecule has 0 aliphatic rings. The quantitative estimate of drug-likeness (QED) is 0.707. The molecule has 1 N–H and O–H groups in total. The lowest BCUT2D eigenvalue weighted by Gasteiger charge is -2.15. The lowest BCUT2D eigenvalue weighted by Crippen LogP contribution is -2.34. The van der Waals surface area contributed by atoms with E-state index in [0.29, 0.717) is 5.69 Å². The summed E-state index contributed by atoms with van der Waals surface area (Å²) in [4.78, 5) is 12.2. The number of rotatable bonds is 6. The first-order valence-electron chi connectivity index (χ1n) is 8.29. The van der Waals surface area contributed by atoms with Crippen molar-refractivity contribution < 1.29 is 13.2 Å². The van der Waals surface area contributed by atoms with Crippen molar-refractivity contribution in [3.05, 3.63) is 72.6 Å². The average Bonchev–Trinajstić information content (AvgIpc) is 3.15. The molecule has 0 saturated carbocycles. The number of aromatic nitrogens is 2. The molecule has 0 atom stereocenters. The van der Waals surface area contributed by atoms with Crippen LogP contribution in [-0.4, -0.2) is 42.0 Å². The minimum atomic E-state index is -3.83. The van der Waals surface area contributed by atoms with Crippen LogP contribution in [0.15, 0.2) is 71.9 Å². The van der Waals surface area contributed by atoms with Gasteiger partial charge in [-0.1, -0.05) is 35.9 Å². The molecule has 1 heterocycles. The van der Waals surface area contributed by atoms with Crippen LogP contribution in [0.4, 0.5) is 5.69 Å². The third-order valence-electron chi connectivity index (χ3n) is 3.99. The normalized spacial score (nSPS) is 11.5. The molecule has 3 aromatic rings. The maximum atomic E-state index is 12.7. The molecule has 1 aromatic heterocycles. The highest BCUT2D eigenvalue weighted by Crippen LogP contribution is 2.16. The van der Waals surface area contributed by atoms with E-state index >= 15 is 0 Å². The van der Waals surface area contributed by atoms with E-state index in [1.54, 1.807) is 12.1 Å². The number of sulfonamides is 1. The lowest BCUT2D eigenvalue weighted by molar-refractivity contribution is -0.116. The van der Waals surface area contributed by atoms with E-state index in [0.717, 1.165) is 15.6 Å². The van der Waals surface area contributed by atoms with Crippen LogP contribution in [0.5, 0.6) is 0 Å². The van der Waals surface area contributed by atoms with E-state index in [1.165, 1.54) is 24.1 Å². The second-order valence-electron chi connectivity index (χ2n) is 6.13. The van der Waals surface area contributed by atoms with Gasteiger partial charge in [-0.15, -0.1) is 0 Å². The second kappa shape index (κ2) is 7.73. The van der Waals surface area contributed by atoms with Gasteiger partial charge in [-0.3, -0.25) is 4.79 Å². The number of benzene rings is 2. The first-order chi connectivity index (χ1) is 12.9. The van der Waals surface area contributed by atoms with Crippen LogP contribution in [0.1, 0.15) is 5.56 Å². The molecule has 0 fully saturated rings. The van der Waals surface area contributed by atoms with E-state index in [-0.39, 0.29) is 11.4 Å². The van der Waals surface area contributed by atoms with Gasteiger partial charge in [-0.25, -0.2) is 13.1 Å². The molecule has 3 rings (SSSR count). The van der Waals surface area contributed by atoms with Crippen LogP contribution in [0.25, 0.3) is 5.69 Å². The molecule has 140 valence electrons. The van der Waals surface area contributed by atoms with Crippen molar-refractivity contribution in [2.75, 3.05) is 18.9 Å². The van der Waals surface area contributed by atoms with Crippen molar-refractivity contribution in [2.24, 2.45) is 0 Å². The van der Waals surface area contributed by atoms with Gasteiger partial charge < -0.3 is 5.32 Å². The van der Waals surface area contributed by atoms with E-state index in [1.807, 2.05) is 49.4 Å². The Morgan fingerprint density at radius 2 is 1.78 bits per heavy atom. The van der Waals surface area contributed by atoms with Gasteiger partial charge in [0.05, 0.1) is 24.6 Å². The number of likely N-dealkylation sites (N-methyl/N-ethyl adjacent to an activating group) is 1. The number of nitrogens with one attached hydrogen (secondary N) is 1. The smallest absolute Gasteiger partial charge is 0.246 e. The Kier molecular flexibility index (Phi) is 5.38. The van der Waals surface area contributed by atoms with Gasteiger partial charge in [0.15, 0.2) is 0 Å². The van der Waals surface area contributed by atoms with Gasteiger partial charge in [-0.05, 0) is 31.2 Å². The zero-order valence-corrected chi connectivity index (χ0v) is 15.8. The highest BCUT2D eigenvalue weighted by atomic mass is 32.2. The fourth-order valence-corrected chi connectivity index (χ4v) is 3.53. The number of aryl methyl sites for hydroxylation is 1. The largest absolute Gasteiger partial charge is 0.325 e. The van der Waals surface area contributed by atoms with Gasteiger partial charge in [0.25, 0.3) is 0 Å². The SMILES string of the molecule is Cc1ccc(NC(=O)CN(C)S(=O)(=O)c2cnn(-c3ccccc3)c2)cc1. The van der Waals surface area contributed by atoms with Crippen molar-refractivity contribution in [1.29, 1.82) is 0 Å². The first kappa shape index (κ1) is 18.8. The van der Waals surface area contributed by atoms with E-state index in [9.17, 15) is 13.2 Å². The molecule has 2 aromatic carbocycles. The Labute approximate surface area is 158 Å². The topological polar surface area (TPSA) is 84.3 Å². The summed E-state index contributed by atoms with van der Waals surface area (Å²) in [5.41, 5.74) is 2.44. The van der Waals surface area contributed by atoms with Crippen LogP contribution in [0.2, 0.25) is 0 Å². The fraction of sp³-hybridized carbons (Fsp3) is 0.158. The summed E-state index contributed by atoms with van der Waals surface area (Å²) >= 11 is 0. The predicted octanol–water partition coefficient (Wildman–Crippen LogP) is 2.44. The van der Waals surface area contributed by atoms with Gasteiger partial charge in [0, 0.05) is 12.7 Å². The number of hydrogen-bond donors (Lipinski definition) is 1. The molecular formula is C19H20N4O3S. The average molecular weight is 384 g/mol. The highest BCUT2D eigenvalue weighted by Gasteiger charge is 2.24. The zero-order chi connectivity index (χ0) is 19.4. The Balaban J connectivity index is 1.70. The van der Waals surface area contributed by atoms with Crippen LogP contribution in [0.3, 0.4) is 0 Å². The third kappa shape index (κ3) is 4.42. The van der Waals surface area contributed by atoms with Gasteiger partial charge in [0.1, 0.15) is 4.90 Å². The van der Waals surface area contributed by atoms with E-state index < -0.39 is 15.9 Å².